The number of carbonyl (C=O) groups is 1. The summed E-state index contributed by atoms with van der Waals surface area (Å²) in [4.78, 5) is 11.7. The number of amides is 2. The molecule has 5 heteroatoms. The van der Waals surface area contributed by atoms with E-state index in [1.807, 2.05) is 20.8 Å². The van der Waals surface area contributed by atoms with Gasteiger partial charge in [0.2, 0.25) is 0 Å². The molecule has 112 valence electrons. The van der Waals surface area contributed by atoms with Crippen molar-refractivity contribution in [2.75, 3.05) is 13.2 Å². The summed E-state index contributed by atoms with van der Waals surface area (Å²) in [6, 6.07) is 5.94. The number of nitrogens with one attached hydrogen (secondary N) is 2. The van der Waals surface area contributed by atoms with Crippen molar-refractivity contribution in [2.45, 2.75) is 38.6 Å². The molecule has 1 aromatic rings. The normalized spacial score (nSPS) is 12.8. The van der Waals surface area contributed by atoms with Gasteiger partial charge >= 0.3 is 6.03 Å². The van der Waals surface area contributed by atoms with Gasteiger partial charge in [-0.05, 0) is 18.1 Å². The Bertz CT molecular complexity index is 445. The number of benzene rings is 1. The average Bonchev–Trinajstić information content (AvgIpc) is 2.43. The summed E-state index contributed by atoms with van der Waals surface area (Å²) in [6.45, 7) is 5.83. The van der Waals surface area contributed by atoms with Gasteiger partial charge in [-0.1, -0.05) is 39.0 Å². The number of hydrogen-bond donors (Lipinski definition) is 3. The van der Waals surface area contributed by atoms with Crippen molar-refractivity contribution >= 4 is 6.03 Å². The smallest absolute Gasteiger partial charge is 0.315 e. The molecule has 0 aliphatic rings. The van der Waals surface area contributed by atoms with Crippen LogP contribution in [0.2, 0.25) is 0 Å². The molecule has 3 N–H and O–H groups in total. The van der Waals surface area contributed by atoms with Gasteiger partial charge < -0.3 is 15.7 Å². The number of carbonyl (C=O) groups excluding carboxylic acids is 1. The molecule has 0 radical (unpaired) electrons. The largest absolute Gasteiger partial charge is 0.394 e. The molecule has 0 fully saturated rings. The van der Waals surface area contributed by atoms with Crippen LogP contribution in [0, 0.1) is 5.82 Å². The van der Waals surface area contributed by atoms with Crippen molar-refractivity contribution in [3.8, 4) is 0 Å². The lowest BCUT2D eigenvalue weighted by atomic mass is 9.84. The third-order valence-corrected chi connectivity index (χ3v) is 3.34. The maximum atomic E-state index is 13.8. The highest BCUT2D eigenvalue weighted by Gasteiger charge is 2.24. The minimum absolute atomic E-state index is 0.0966. The summed E-state index contributed by atoms with van der Waals surface area (Å²) in [5.74, 6) is -0.276. The van der Waals surface area contributed by atoms with Gasteiger partial charge in [-0.25, -0.2) is 9.18 Å². The summed E-state index contributed by atoms with van der Waals surface area (Å²) in [5, 5.41) is 14.4. The minimum Gasteiger partial charge on any atom is -0.394 e. The number of aliphatic hydroxyl groups excluding tert-OH is 1. The highest BCUT2D eigenvalue weighted by atomic mass is 19.1. The Kier molecular flexibility index (Phi) is 5.95. The third-order valence-electron chi connectivity index (χ3n) is 3.34. The molecule has 0 aromatic heterocycles. The number of halogens is 1. The first-order chi connectivity index (χ1) is 9.40. The van der Waals surface area contributed by atoms with Crippen molar-refractivity contribution < 1.29 is 14.3 Å². The predicted octanol–water partition coefficient (Wildman–Crippen LogP) is 2.17. The molecule has 20 heavy (non-hydrogen) atoms. The van der Waals surface area contributed by atoms with E-state index in [0.29, 0.717) is 18.5 Å². The molecule has 4 nitrogen and oxygen atoms in total. The molecule has 2 amide bonds. The van der Waals surface area contributed by atoms with Crippen LogP contribution in [0.1, 0.15) is 32.8 Å². The molecule has 0 saturated heterocycles. The first kappa shape index (κ1) is 16.4. The van der Waals surface area contributed by atoms with E-state index < -0.39 is 5.41 Å². The maximum absolute atomic E-state index is 13.8. The second-order valence-electron chi connectivity index (χ2n) is 5.48. The molecule has 0 saturated carbocycles. The van der Waals surface area contributed by atoms with Crippen LogP contribution < -0.4 is 10.6 Å². The highest BCUT2D eigenvalue weighted by Crippen LogP contribution is 2.24. The lowest BCUT2D eigenvalue weighted by molar-refractivity contribution is 0.213. The zero-order valence-electron chi connectivity index (χ0n) is 12.2. The van der Waals surface area contributed by atoms with Gasteiger partial charge in [-0.3, -0.25) is 0 Å². The molecule has 1 unspecified atom stereocenters. The SMILES string of the molecule is CCC(CO)NC(=O)NCC(C)(C)c1ccccc1F. The van der Waals surface area contributed by atoms with E-state index in [0.717, 1.165) is 0 Å². The summed E-state index contributed by atoms with van der Waals surface area (Å²) < 4.78 is 13.8. The Morgan fingerprint density at radius 2 is 2.05 bits per heavy atom. The Morgan fingerprint density at radius 1 is 1.40 bits per heavy atom. The fourth-order valence-electron chi connectivity index (χ4n) is 1.92. The molecular weight excluding hydrogens is 259 g/mol. The molecule has 1 atom stereocenters. The third kappa shape index (κ3) is 4.49. The molecule has 0 heterocycles. The lowest BCUT2D eigenvalue weighted by Gasteiger charge is -2.26. The van der Waals surface area contributed by atoms with Crippen LogP contribution in [-0.4, -0.2) is 30.3 Å². The molecule has 0 bridgehead atoms. The second kappa shape index (κ2) is 7.24. The van der Waals surface area contributed by atoms with Crippen LogP contribution in [0.25, 0.3) is 0 Å². The van der Waals surface area contributed by atoms with Crippen molar-refractivity contribution in [3.63, 3.8) is 0 Å². The monoisotopic (exact) mass is 282 g/mol. The summed E-state index contributed by atoms with van der Waals surface area (Å²) >= 11 is 0. The summed E-state index contributed by atoms with van der Waals surface area (Å²) in [6.07, 6.45) is 0.653. The lowest BCUT2D eigenvalue weighted by Crippen LogP contribution is -2.47. The first-order valence-electron chi connectivity index (χ1n) is 6.81. The Hall–Kier alpha value is -1.62. The predicted molar refractivity (Wildman–Crippen MR) is 77.1 cm³/mol. The molecule has 1 rings (SSSR count). The zero-order valence-corrected chi connectivity index (χ0v) is 12.2. The van der Waals surface area contributed by atoms with Crippen LogP contribution in [0.3, 0.4) is 0 Å². The van der Waals surface area contributed by atoms with E-state index in [1.165, 1.54) is 6.07 Å². The van der Waals surface area contributed by atoms with Gasteiger partial charge in [-0.2, -0.15) is 0 Å². The van der Waals surface area contributed by atoms with Gasteiger partial charge in [0.25, 0.3) is 0 Å². The number of aliphatic hydroxyl groups is 1. The van der Waals surface area contributed by atoms with E-state index in [1.54, 1.807) is 18.2 Å². The van der Waals surface area contributed by atoms with Crippen LogP contribution in [0.4, 0.5) is 9.18 Å². The molecular formula is C15H23FN2O2. The number of urea groups is 1. The minimum atomic E-state index is -0.510. The average molecular weight is 282 g/mol. The van der Waals surface area contributed by atoms with E-state index >= 15 is 0 Å². The topological polar surface area (TPSA) is 61.4 Å². The molecule has 0 aliphatic carbocycles. The highest BCUT2D eigenvalue weighted by molar-refractivity contribution is 5.74. The fourth-order valence-corrected chi connectivity index (χ4v) is 1.92. The Labute approximate surface area is 119 Å². The van der Waals surface area contributed by atoms with Gasteiger partial charge in [0, 0.05) is 12.0 Å². The van der Waals surface area contributed by atoms with Crippen LogP contribution in [0.5, 0.6) is 0 Å². The van der Waals surface area contributed by atoms with Crippen molar-refractivity contribution in [1.82, 2.24) is 10.6 Å². The fraction of sp³-hybridized carbons (Fsp3) is 0.533. The molecule has 1 aromatic carbocycles. The first-order valence-corrected chi connectivity index (χ1v) is 6.81. The van der Waals surface area contributed by atoms with Crippen molar-refractivity contribution in [3.05, 3.63) is 35.6 Å². The van der Waals surface area contributed by atoms with E-state index in [2.05, 4.69) is 10.6 Å². The second-order valence-corrected chi connectivity index (χ2v) is 5.48. The van der Waals surface area contributed by atoms with Gasteiger partial charge in [0.05, 0.1) is 12.6 Å². The molecule has 0 aliphatic heterocycles. The number of hydrogen-bond acceptors (Lipinski definition) is 2. The molecule has 0 spiro atoms. The van der Waals surface area contributed by atoms with E-state index in [-0.39, 0.29) is 24.5 Å². The van der Waals surface area contributed by atoms with Crippen molar-refractivity contribution in [1.29, 1.82) is 0 Å². The van der Waals surface area contributed by atoms with Crippen LogP contribution in [-0.2, 0) is 5.41 Å². The van der Waals surface area contributed by atoms with Crippen LogP contribution in [0.15, 0.2) is 24.3 Å². The standard InChI is InChI=1S/C15H23FN2O2/c1-4-11(9-19)18-14(20)17-10-15(2,3)12-7-5-6-8-13(12)16/h5-8,11,19H,4,9-10H2,1-3H3,(H2,17,18,20). The summed E-state index contributed by atoms with van der Waals surface area (Å²) in [7, 11) is 0. The van der Waals surface area contributed by atoms with Gasteiger partial charge in [0.1, 0.15) is 5.82 Å². The Balaban J connectivity index is 2.60. The summed E-state index contributed by atoms with van der Waals surface area (Å²) in [5.41, 5.74) is 0.0540. The van der Waals surface area contributed by atoms with Gasteiger partial charge in [0.15, 0.2) is 0 Å². The van der Waals surface area contributed by atoms with Crippen molar-refractivity contribution in [2.24, 2.45) is 0 Å². The van der Waals surface area contributed by atoms with E-state index in [4.69, 9.17) is 5.11 Å². The maximum Gasteiger partial charge on any atom is 0.315 e. The number of rotatable bonds is 6. The zero-order chi connectivity index (χ0) is 15.2. The van der Waals surface area contributed by atoms with E-state index in [9.17, 15) is 9.18 Å². The Morgan fingerprint density at radius 3 is 2.60 bits per heavy atom. The quantitative estimate of drug-likeness (QED) is 0.749. The van der Waals surface area contributed by atoms with Gasteiger partial charge in [-0.15, -0.1) is 0 Å². The van der Waals surface area contributed by atoms with Crippen LogP contribution >= 0.6 is 0 Å².